The predicted octanol–water partition coefficient (Wildman–Crippen LogP) is -0.149. The standard InChI is InChI=1S/C10H18N2O3/c1-6(2)9(11-5-13)10(15)12-7(3)8(4)14/h5-7,9H,1-4H3,(H,11,13)(H,12,15)/t7-,9?/m0/s1. The number of amides is 2. The van der Waals surface area contributed by atoms with Crippen LogP contribution in [0.15, 0.2) is 0 Å². The maximum Gasteiger partial charge on any atom is 0.243 e. The van der Waals surface area contributed by atoms with Crippen LogP contribution in [0.1, 0.15) is 27.7 Å². The van der Waals surface area contributed by atoms with Crippen molar-refractivity contribution in [2.75, 3.05) is 0 Å². The quantitative estimate of drug-likeness (QED) is 0.604. The number of carbonyl (C=O) groups excluding carboxylic acids is 3. The molecule has 0 saturated carbocycles. The highest BCUT2D eigenvalue weighted by Crippen LogP contribution is 2.01. The fourth-order valence-corrected chi connectivity index (χ4v) is 1.05. The summed E-state index contributed by atoms with van der Waals surface area (Å²) in [5.41, 5.74) is 0. The maximum absolute atomic E-state index is 11.6. The third kappa shape index (κ3) is 4.58. The van der Waals surface area contributed by atoms with Gasteiger partial charge in [0.05, 0.1) is 6.04 Å². The van der Waals surface area contributed by atoms with Crippen LogP contribution in [0.3, 0.4) is 0 Å². The molecule has 5 heteroatoms. The first-order chi connectivity index (χ1) is 6.90. The SMILES string of the molecule is CC(=O)[C@H](C)NC(=O)C(NC=O)C(C)C. The van der Waals surface area contributed by atoms with Gasteiger partial charge in [0.1, 0.15) is 6.04 Å². The van der Waals surface area contributed by atoms with Gasteiger partial charge in [0.25, 0.3) is 0 Å². The van der Waals surface area contributed by atoms with Crippen molar-refractivity contribution >= 4 is 18.1 Å². The molecule has 0 aliphatic heterocycles. The fourth-order valence-electron chi connectivity index (χ4n) is 1.05. The fraction of sp³-hybridized carbons (Fsp3) is 0.700. The van der Waals surface area contributed by atoms with E-state index in [4.69, 9.17) is 0 Å². The Morgan fingerprint density at radius 2 is 1.73 bits per heavy atom. The molecule has 1 unspecified atom stereocenters. The minimum Gasteiger partial charge on any atom is -0.347 e. The molecule has 0 fully saturated rings. The van der Waals surface area contributed by atoms with E-state index in [9.17, 15) is 14.4 Å². The summed E-state index contributed by atoms with van der Waals surface area (Å²) in [6.45, 7) is 6.65. The highest BCUT2D eigenvalue weighted by Gasteiger charge is 2.23. The predicted molar refractivity (Wildman–Crippen MR) is 56.1 cm³/mol. The number of Topliss-reactive ketones (excluding diaryl/α,β-unsaturated/α-hetero) is 1. The van der Waals surface area contributed by atoms with Crippen molar-refractivity contribution in [3.63, 3.8) is 0 Å². The molecule has 5 nitrogen and oxygen atoms in total. The monoisotopic (exact) mass is 214 g/mol. The van der Waals surface area contributed by atoms with Gasteiger partial charge in [-0.25, -0.2) is 0 Å². The van der Waals surface area contributed by atoms with E-state index in [2.05, 4.69) is 10.6 Å². The number of hydrogen-bond donors (Lipinski definition) is 2. The Balaban J connectivity index is 4.38. The second-order valence-corrected chi connectivity index (χ2v) is 3.85. The molecule has 0 aromatic rings. The number of ketones is 1. The van der Waals surface area contributed by atoms with Crippen LogP contribution in [-0.2, 0) is 14.4 Å². The van der Waals surface area contributed by atoms with Gasteiger partial charge >= 0.3 is 0 Å². The highest BCUT2D eigenvalue weighted by molar-refractivity contribution is 5.90. The molecule has 0 radical (unpaired) electrons. The molecule has 0 aliphatic rings. The Bertz CT molecular complexity index is 251. The van der Waals surface area contributed by atoms with Gasteiger partial charge in [0.15, 0.2) is 5.78 Å². The van der Waals surface area contributed by atoms with Crippen LogP contribution >= 0.6 is 0 Å². The average Bonchev–Trinajstić information content (AvgIpc) is 2.12. The van der Waals surface area contributed by atoms with Crippen LogP contribution in [-0.4, -0.2) is 30.2 Å². The summed E-state index contributed by atoms with van der Waals surface area (Å²) >= 11 is 0. The van der Waals surface area contributed by atoms with E-state index in [1.165, 1.54) is 6.92 Å². The van der Waals surface area contributed by atoms with E-state index in [0.29, 0.717) is 6.41 Å². The Morgan fingerprint density at radius 3 is 2.07 bits per heavy atom. The van der Waals surface area contributed by atoms with Crippen molar-refractivity contribution in [3.8, 4) is 0 Å². The number of hydrogen-bond acceptors (Lipinski definition) is 3. The summed E-state index contributed by atoms with van der Waals surface area (Å²) in [6, 6.07) is -1.11. The largest absolute Gasteiger partial charge is 0.347 e. The smallest absolute Gasteiger partial charge is 0.243 e. The Morgan fingerprint density at radius 1 is 1.20 bits per heavy atom. The van der Waals surface area contributed by atoms with Crippen LogP contribution in [0.25, 0.3) is 0 Å². The van der Waals surface area contributed by atoms with E-state index < -0.39 is 12.1 Å². The Hall–Kier alpha value is -1.39. The van der Waals surface area contributed by atoms with Gasteiger partial charge in [0, 0.05) is 0 Å². The van der Waals surface area contributed by atoms with Crippen molar-refractivity contribution in [2.45, 2.75) is 39.8 Å². The van der Waals surface area contributed by atoms with E-state index in [1.807, 2.05) is 13.8 Å². The zero-order valence-electron chi connectivity index (χ0n) is 9.53. The van der Waals surface area contributed by atoms with Gasteiger partial charge in [-0.1, -0.05) is 13.8 Å². The third-order valence-corrected chi connectivity index (χ3v) is 2.17. The second-order valence-electron chi connectivity index (χ2n) is 3.85. The van der Waals surface area contributed by atoms with Gasteiger partial charge in [0.2, 0.25) is 12.3 Å². The molecule has 15 heavy (non-hydrogen) atoms. The van der Waals surface area contributed by atoms with Gasteiger partial charge in [-0.15, -0.1) is 0 Å². The highest BCUT2D eigenvalue weighted by atomic mass is 16.2. The number of nitrogens with one attached hydrogen (secondary N) is 2. The van der Waals surface area contributed by atoms with Crippen LogP contribution in [0.2, 0.25) is 0 Å². The first-order valence-corrected chi connectivity index (χ1v) is 4.90. The Labute approximate surface area is 89.6 Å². The molecule has 0 heterocycles. The summed E-state index contributed by atoms with van der Waals surface area (Å²) in [5, 5.41) is 4.96. The first kappa shape index (κ1) is 13.6. The minimum absolute atomic E-state index is 0.0191. The van der Waals surface area contributed by atoms with Crippen LogP contribution in [0.4, 0.5) is 0 Å². The molecular formula is C10H18N2O3. The van der Waals surface area contributed by atoms with E-state index in [-0.39, 0.29) is 17.6 Å². The first-order valence-electron chi connectivity index (χ1n) is 4.90. The lowest BCUT2D eigenvalue weighted by molar-refractivity contribution is -0.129. The topological polar surface area (TPSA) is 75.3 Å². The number of carbonyl (C=O) groups is 3. The van der Waals surface area contributed by atoms with Crippen molar-refractivity contribution in [1.29, 1.82) is 0 Å². The van der Waals surface area contributed by atoms with Gasteiger partial charge in [-0.3, -0.25) is 14.4 Å². The normalized spacial score (nSPS) is 14.2. The van der Waals surface area contributed by atoms with Crippen molar-refractivity contribution in [3.05, 3.63) is 0 Å². The molecule has 2 atom stereocenters. The van der Waals surface area contributed by atoms with Crippen LogP contribution in [0.5, 0.6) is 0 Å². The summed E-state index contributed by atoms with van der Waals surface area (Å²) in [5.74, 6) is -0.467. The number of rotatable bonds is 6. The van der Waals surface area contributed by atoms with Gasteiger partial charge in [-0.05, 0) is 19.8 Å². The molecule has 0 saturated heterocycles. The zero-order chi connectivity index (χ0) is 12.0. The lowest BCUT2D eigenvalue weighted by atomic mass is 10.0. The van der Waals surface area contributed by atoms with Crippen LogP contribution in [0, 0.1) is 5.92 Å². The molecular weight excluding hydrogens is 196 g/mol. The summed E-state index contributed by atoms with van der Waals surface area (Å²) in [6.07, 6.45) is 0.489. The minimum atomic E-state index is -0.593. The zero-order valence-corrected chi connectivity index (χ0v) is 9.53. The van der Waals surface area contributed by atoms with E-state index >= 15 is 0 Å². The second kappa shape index (κ2) is 6.16. The maximum atomic E-state index is 11.6. The summed E-state index contributed by atoms with van der Waals surface area (Å²) in [7, 11) is 0. The molecule has 0 spiro atoms. The van der Waals surface area contributed by atoms with Crippen molar-refractivity contribution in [2.24, 2.45) is 5.92 Å². The molecule has 0 aromatic carbocycles. The van der Waals surface area contributed by atoms with Crippen molar-refractivity contribution < 1.29 is 14.4 Å². The lowest BCUT2D eigenvalue weighted by Gasteiger charge is -2.21. The molecule has 0 aliphatic carbocycles. The van der Waals surface area contributed by atoms with Gasteiger partial charge in [-0.2, -0.15) is 0 Å². The molecule has 0 rings (SSSR count). The average molecular weight is 214 g/mol. The molecule has 2 amide bonds. The lowest BCUT2D eigenvalue weighted by Crippen LogP contribution is -2.50. The van der Waals surface area contributed by atoms with E-state index in [1.54, 1.807) is 6.92 Å². The van der Waals surface area contributed by atoms with E-state index in [0.717, 1.165) is 0 Å². The molecule has 0 bridgehead atoms. The third-order valence-electron chi connectivity index (χ3n) is 2.17. The summed E-state index contributed by atoms with van der Waals surface area (Å²) < 4.78 is 0. The van der Waals surface area contributed by atoms with Gasteiger partial charge < -0.3 is 10.6 Å². The van der Waals surface area contributed by atoms with Crippen LogP contribution < -0.4 is 10.6 Å². The Kier molecular flexibility index (Phi) is 5.59. The summed E-state index contributed by atoms with van der Waals surface area (Å²) in [4.78, 5) is 32.8. The molecule has 86 valence electrons. The molecule has 0 aromatic heterocycles. The van der Waals surface area contributed by atoms with Crippen molar-refractivity contribution in [1.82, 2.24) is 10.6 Å². The molecule has 2 N–H and O–H groups in total.